The molecule has 7 heteroatoms. The van der Waals surface area contributed by atoms with Gasteiger partial charge in [-0.3, -0.25) is 0 Å². The molecule has 1 heterocycles. The van der Waals surface area contributed by atoms with E-state index >= 15 is 0 Å². The van der Waals surface area contributed by atoms with Crippen molar-refractivity contribution in [3.63, 3.8) is 0 Å². The fourth-order valence-electron chi connectivity index (χ4n) is 1.89. The quantitative estimate of drug-likeness (QED) is 0.637. The smallest absolute Gasteiger partial charge is 0.242 e. The monoisotopic (exact) mass is 317 g/mol. The molecule has 6 nitrogen and oxygen atoms in total. The van der Waals surface area contributed by atoms with Crippen LogP contribution in [0.25, 0.3) is 0 Å². The lowest BCUT2D eigenvalue weighted by Gasteiger charge is -2.07. The molecule has 1 aromatic rings. The lowest BCUT2D eigenvalue weighted by atomic mass is 10.1. The van der Waals surface area contributed by atoms with Gasteiger partial charge < -0.3 is 15.0 Å². The zero-order valence-electron chi connectivity index (χ0n) is 13.1. The first-order chi connectivity index (χ1) is 9.90. The molecular formula is C14H27N3O3S. The Labute approximate surface area is 127 Å². The third-order valence-electron chi connectivity index (χ3n) is 3.20. The highest BCUT2D eigenvalue weighted by atomic mass is 32.2. The third kappa shape index (κ3) is 5.78. The van der Waals surface area contributed by atoms with Gasteiger partial charge in [0, 0.05) is 38.1 Å². The number of rotatable bonds is 10. The van der Waals surface area contributed by atoms with E-state index in [4.69, 9.17) is 10.5 Å². The number of hydrogen-bond donors (Lipinski definition) is 2. The molecule has 122 valence electrons. The Bertz CT molecular complexity index is 502. The maximum atomic E-state index is 12.1. The van der Waals surface area contributed by atoms with Gasteiger partial charge in [-0.2, -0.15) is 0 Å². The summed E-state index contributed by atoms with van der Waals surface area (Å²) in [6.45, 7) is 8.52. The first kappa shape index (κ1) is 18.2. The summed E-state index contributed by atoms with van der Waals surface area (Å²) in [7, 11) is -3.49. The summed E-state index contributed by atoms with van der Waals surface area (Å²) >= 11 is 0. The molecule has 1 aromatic heterocycles. The van der Waals surface area contributed by atoms with Crippen molar-refractivity contribution in [3.05, 3.63) is 18.0 Å². The second-order valence-electron chi connectivity index (χ2n) is 5.35. The molecule has 0 fully saturated rings. The average Bonchev–Trinajstić information content (AvgIpc) is 2.86. The molecular weight excluding hydrogens is 290 g/mol. The van der Waals surface area contributed by atoms with Gasteiger partial charge >= 0.3 is 0 Å². The Morgan fingerprint density at radius 2 is 2.10 bits per heavy atom. The van der Waals surface area contributed by atoms with Crippen LogP contribution in [0.1, 0.15) is 32.9 Å². The van der Waals surface area contributed by atoms with Crippen molar-refractivity contribution < 1.29 is 13.2 Å². The molecule has 0 saturated heterocycles. The van der Waals surface area contributed by atoms with Crippen molar-refractivity contribution in [1.82, 2.24) is 9.29 Å². The van der Waals surface area contributed by atoms with E-state index in [0.29, 0.717) is 32.2 Å². The van der Waals surface area contributed by atoms with E-state index in [-0.39, 0.29) is 11.4 Å². The van der Waals surface area contributed by atoms with Crippen LogP contribution in [0.5, 0.6) is 0 Å². The van der Waals surface area contributed by atoms with Crippen molar-refractivity contribution in [2.24, 2.45) is 11.7 Å². The van der Waals surface area contributed by atoms with Gasteiger partial charge in [0.15, 0.2) is 0 Å². The van der Waals surface area contributed by atoms with Crippen LogP contribution in [0.15, 0.2) is 17.2 Å². The largest absolute Gasteiger partial charge is 0.380 e. The summed E-state index contributed by atoms with van der Waals surface area (Å²) in [5, 5.41) is 0. The maximum absolute atomic E-state index is 12.1. The predicted octanol–water partition coefficient (Wildman–Crippen LogP) is 1.31. The first-order valence-corrected chi connectivity index (χ1v) is 8.85. The van der Waals surface area contributed by atoms with Gasteiger partial charge in [0.2, 0.25) is 10.0 Å². The summed E-state index contributed by atoms with van der Waals surface area (Å²) < 4.78 is 34.1. The first-order valence-electron chi connectivity index (χ1n) is 7.37. The van der Waals surface area contributed by atoms with E-state index in [1.165, 1.54) is 0 Å². The third-order valence-corrected chi connectivity index (χ3v) is 4.63. The fraction of sp³-hybridized carbons (Fsp3) is 0.714. The summed E-state index contributed by atoms with van der Waals surface area (Å²) in [6.07, 6.45) is 2.59. The highest BCUT2D eigenvalue weighted by Crippen LogP contribution is 2.14. The maximum Gasteiger partial charge on any atom is 0.242 e. The number of aromatic nitrogens is 1. The van der Waals surface area contributed by atoms with E-state index in [0.717, 1.165) is 12.1 Å². The SMILES string of the molecule is CCn1cc(S(=O)(=O)NCCOCCC(C)C)cc1CN. The molecule has 0 aliphatic carbocycles. The number of nitrogens with two attached hydrogens (primary N) is 1. The van der Waals surface area contributed by atoms with Crippen molar-refractivity contribution in [2.45, 2.75) is 45.2 Å². The molecule has 3 N–H and O–H groups in total. The van der Waals surface area contributed by atoms with E-state index in [2.05, 4.69) is 18.6 Å². The topological polar surface area (TPSA) is 86.3 Å². The standard InChI is InChI=1S/C14H27N3O3S/c1-4-17-11-14(9-13(17)10-15)21(18,19)16-6-8-20-7-5-12(2)3/h9,11-12,16H,4-8,10,15H2,1-3H3. The van der Waals surface area contributed by atoms with Crippen molar-refractivity contribution in [2.75, 3.05) is 19.8 Å². The zero-order chi connectivity index (χ0) is 15.9. The molecule has 21 heavy (non-hydrogen) atoms. The second-order valence-corrected chi connectivity index (χ2v) is 7.12. The average molecular weight is 317 g/mol. The normalized spacial score (nSPS) is 12.2. The van der Waals surface area contributed by atoms with Gasteiger partial charge in [-0.05, 0) is 25.3 Å². The molecule has 0 aromatic carbocycles. The van der Waals surface area contributed by atoms with E-state index in [1.807, 2.05) is 11.5 Å². The summed E-state index contributed by atoms with van der Waals surface area (Å²) in [6, 6.07) is 1.62. The number of aryl methyl sites for hydroxylation is 1. The number of hydrogen-bond acceptors (Lipinski definition) is 4. The second kappa shape index (κ2) is 8.53. The molecule has 0 aliphatic rings. The van der Waals surface area contributed by atoms with Crippen LogP contribution in [0.4, 0.5) is 0 Å². The number of nitrogens with one attached hydrogen (secondary N) is 1. The molecule has 1 rings (SSSR count). The van der Waals surface area contributed by atoms with Gasteiger partial charge in [0.1, 0.15) is 0 Å². The predicted molar refractivity (Wildman–Crippen MR) is 83.5 cm³/mol. The number of sulfonamides is 1. The summed E-state index contributed by atoms with van der Waals surface area (Å²) in [5.41, 5.74) is 6.42. The molecule has 0 saturated carbocycles. The Kier molecular flexibility index (Phi) is 7.37. The number of ether oxygens (including phenoxy) is 1. The molecule has 0 radical (unpaired) electrons. The lowest BCUT2D eigenvalue weighted by Crippen LogP contribution is -2.27. The van der Waals surface area contributed by atoms with Gasteiger partial charge in [-0.15, -0.1) is 0 Å². The zero-order valence-corrected chi connectivity index (χ0v) is 13.9. The van der Waals surface area contributed by atoms with Crippen LogP contribution >= 0.6 is 0 Å². The Balaban J connectivity index is 2.48. The number of nitrogens with zero attached hydrogens (tertiary/aromatic N) is 1. The van der Waals surface area contributed by atoms with Crippen LogP contribution in [0.2, 0.25) is 0 Å². The van der Waals surface area contributed by atoms with Gasteiger partial charge in [-0.1, -0.05) is 13.8 Å². The summed E-state index contributed by atoms with van der Waals surface area (Å²) in [5.74, 6) is 0.588. The highest BCUT2D eigenvalue weighted by Gasteiger charge is 2.17. The van der Waals surface area contributed by atoms with Gasteiger partial charge in [0.25, 0.3) is 0 Å². The van der Waals surface area contributed by atoms with E-state index in [9.17, 15) is 8.42 Å². The Morgan fingerprint density at radius 3 is 2.62 bits per heavy atom. The molecule has 0 aliphatic heterocycles. The van der Waals surface area contributed by atoms with Crippen LogP contribution < -0.4 is 10.5 Å². The van der Waals surface area contributed by atoms with E-state index < -0.39 is 10.0 Å². The minimum absolute atomic E-state index is 0.256. The van der Waals surface area contributed by atoms with Gasteiger partial charge in [-0.25, -0.2) is 13.1 Å². The summed E-state index contributed by atoms with van der Waals surface area (Å²) in [4.78, 5) is 0.256. The van der Waals surface area contributed by atoms with E-state index in [1.54, 1.807) is 12.3 Å². The van der Waals surface area contributed by atoms with Crippen molar-refractivity contribution >= 4 is 10.0 Å². The minimum atomic E-state index is -3.49. The van der Waals surface area contributed by atoms with Crippen LogP contribution in [-0.2, 0) is 27.8 Å². The molecule has 0 amide bonds. The Morgan fingerprint density at radius 1 is 1.38 bits per heavy atom. The lowest BCUT2D eigenvalue weighted by molar-refractivity contribution is 0.128. The Hall–Kier alpha value is -0.890. The van der Waals surface area contributed by atoms with Gasteiger partial charge in [0.05, 0.1) is 11.5 Å². The molecule has 0 spiro atoms. The van der Waals surface area contributed by atoms with Crippen LogP contribution in [0, 0.1) is 5.92 Å². The molecule has 0 atom stereocenters. The molecule has 0 unspecified atom stereocenters. The van der Waals surface area contributed by atoms with Crippen molar-refractivity contribution in [1.29, 1.82) is 0 Å². The minimum Gasteiger partial charge on any atom is -0.380 e. The van der Waals surface area contributed by atoms with Crippen LogP contribution in [0.3, 0.4) is 0 Å². The highest BCUT2D eigenvalue weighted by molar-refractivity contribution is 7.89. The van der Waals surface area contributed by atoms with Crippen molar-refractivity contribution in [3.8, 4) is 0 Å². The van der Waals surface area contributed by atoms with Crippen LogP contribution in [-0.4, -0.2) is 32.7 Å². The molecule has 0 bridgehead atoms. The fourth-order valence-corrected chi connectivity index (χ4v) is 2.97.